The van der Waals surface area contributed by atoms with Gasteiger partial charge in [0, 0.05) is 39.0 Å². The molecular weight excluding hydrogens is 196 g/mol. The molecular formula is C10H18N2O3. The smallest absolute Gasteiger partial charge is 0.304 e. The summed E-state index contributed by atoms with van der Waals surface area (Å²) in [5.41, 5.74) is 0. The van der Waals surface area contributed by atoms with Gasteiger partial charge in [0.25, 0.3) is 0 Å². The molecule has 0 spiro atoms. The van der Waals surface area contributed by atoms with Crippen LogP contribution < -0.4 is 0 Å². The van der Waals surface area contributed by atoms with Gasteiger partial charge in [-0.25, -0.2) is 0 Å². The molecule has 1 fully saturated rings. The molecule has 0 aromatic rings. The van der Waals surface area contributed by atoms with E-state index in [9.17, 15) is 9.59 Å². The molecule has 1 N–H and O–H groups in total. The van der Waals surface area contributed by atoms with E-state index >= 15 is 0 Å². The average Bonchev–Trinajstić information content (AvgIpc) is 2.06. The van der Waals surface area contributed by atoms with Gasteiger partial charge in [0.05, 0.1) is 6.42 Å². The molecule has 1 amide bonds. The van der Waals surface area contributed by atoms with Gasteiger partial charge in [0.15, 0.2) is 0 Å². The zero-order valence-electron chi connectivity index (χ0n) is 9.27. The van der Waals surface area contributed by atoms with E-state index in [1.165, 1.54) is 0 Å². The van der Waals surface area contributed by atoms with Crippen molar-refractivity contribution < 1.29 is 14.7 Å². The van der Waals surface area contributed by atoms with Crippen LogP contribution in [-0.4, -0.2) is 60.0 Å². The lowest BCUT2D eigenvalue weighted by Gasteiger charge is -2.40. The van der Waals surface area contributed by atoms with E-state index < -0.39 is 5.97 Å². The Morgan fingerprint density at radius 1 is 1.47 bits per heavy atom. The van der Waals surface area contributed by atoms with Crippen LogP contribution in [0.15, 0.2) is 0 Å². The van der Waals surface area contributed by atoms with Gasteiger partial charge in [-0.2, -0.15) is 0 Å². The minimum atomic E-state index is -0.763. The summed E-state index contributed by atoms with van der Waals surface area (Å²) in [6.07, 6.45) is 0.180. The fourth-order valence-corrected chi connectivity index (χ4v) is 1.76. The standard InChI is InChI=1S/C10H18N2O3/c1-8(13)12-6-9(7-12)5-11(2)4-3-10(14)15/h9H,3-7H2,1-2H3,(H,14,15). The highest BCUT2D eigenvalue weighted by atomic mass is 16.4. The molecule has 1 rings (SSSR count). The Bertz CT molecular complexity index is 246. The van der Waals surface area contributed by atoms with Crippen molar-refractivity contribution in [2.24, 2.45) is 5.92 Å². The van der Waals surface area contributed by atoms with Gasteiger partial charge in [-0.1, -0.05) is 0 Å². The van der Waals surface area contributed by atoms with Gasteiger partial charge in [-0.05, 0) is 7.05 Å². The fourth-order valence-electron chi connectivity index (χ4n) is 1.76. The predicted octanol–water partition coefficient (Wildman–Crippen LogP) is -0.129. The van der Waals surface area contributed by atoms with Crippen LogP contribution in [-0.2, 0) is 9.59 Å². The lowest BCUT2D eigenvalue weighted by Crippen LogP contribution is -2.52. The third-order valence-electron chi connectivity index (χ3n) is 2.68. The summed E-state index contributed by atoms with van der Waals surface area (Å²) in [4.78, 5) is 25.1. The van der Waals surface area contributed by atoms with Gasteiger partial charge in [0.2, 0.25) is 5.91 Å². The van der Waals surface area contributed by atoms with Gasteiger partial charge in [-0.3, -0.25) is 9.59 Å². The zero-order chi connectivity index (χ0) is 11.4. The van der Waals surface area contributed by atoms with E-state index in [1.54, 1.807) is 11.8 Å². The van der Waals surface area contributed by atoms with Crippen LogP contribution in [0.3, 0.4) is 0 Å². The summed E-state index contributed by atoms with van der Waals surface area (Å²) < 4.78 is 0. The SMILES string of the molecule is CC(=O)N1CC(CN(C)CCC(=O)O)C1. The van der Waals surface area contributed by atoms with E-state index in [1.807, 2.05) is 11.9 Å². The van der Waals surface area contributed by atoms with E-state index in [-0.39, 0.29) is 12.3 Å². The first kappa shape index (κ1) is 12.0. The third-order valence-corrected chi connectivity index (χ3v) is 2.68. The fraction of sp³-hybridized carbons (Fsp3) is 0.800. The van der Waals surface area contributed by atoms with E-state index in [0.717, 1.165) is 19.6 Å². The first-order chi connectivity index (χ1) is 6.99. The maximum atomic E-state index is 10.9. The monoisotopic (exact) mass is 214 g/mol. The first-order valence-electron chi connectivity index (χ1n) is 5.15. The van der Waals surface area contributed by atoms with Crippen molar-refractivity contribution in [3.8, 4) is 0 Å². The van der Waals surface area contributed by atoms with Gasteiger partial charge in [0.1, 0.15) is 0 Å². The highest BCUT2D eigenvalue weighted by Crippen LogP contribution is 2.16. The molecule has 1 saturated heterocycles. The van der Waals surface area contributed by atoms with Crippen LogP contribution in [0, 0.1) is 5.92 Å². The Hall–Kier alpha value is -1.10. The van der Waals surface area contributed by atoms with Crippen molar-refractivity contribution in [2.45, 2.75) is 13.3 Å². The Kier molecular flexibility index (Phi) is 4.08. The van der Waals surface area contributed by atoms with E-state index in [2.05, 4.69) is 0 Å². The Morgan fingerprint density at radius 2 is 2.07 bits per heavy atom. The van der Waals surface area contributed by atoms with Crippen LogP contribution in [0.25, 0.3) is 0 Å². The number of amides is 1. The number of hydrogen-bond acceptors (Lipinski definition) is 3. The third kappa shape index (κ3) is 3.87. The second-order valence-electron chi connectivity index (χ2n) is 4.20. The van der Waals surface area contributed by atoms with Crippen LogP contribution >= 0.6 is 0 Å². The molecule has 0 aromatic heterocycles. The van der Waals surface area contributed by atoms with Crippen molar-refractivity contribution in [1.29, 1.82) is 0 Å². The maximum Gasteiger partial charge on any atom is 0.304 e. The maximum absolute atomic E-state index is 10.9. The minimum Gasteiger partial charge on any atom is -0.481 e. The van der Waals surface area contributed by atoms with Crippen LogP contribution in [0.4, 0.5) is 0 Å². The molecule has 5 nitrogen and oxygen atoms in total. The molecule has 1 aliphatic rings. The molecule has 5 heteroatoms. The molecule has 0 atom stereocenters. The second kappa shape index (κ2) is 5.11. The summed E-state index contributed by atoms with van der Waals surface area (Å²) in [6.45, 7) is 4.65. The number of likely N-dealkylation sites (tertiary alicyclic amines) is 1. The highest BCUT2D eigenvalue weighted by Gasteiger charge is 2.28. The Labute approximate surface area is 89.7 Å². The summed E-state index contributed by atoms with van der Waals surface area (Å²) in [5, 5.41) is 8.50. The number of rotatable bonds is 5. The average molecular weight is 214 g/mol. The van der Waals surface area contributed by atoms with E-state index in [0.29, 0.717) is 12.5 Å². The van der Waals surface area contributed by atoms with Crippen molar-refractivity contribution in [1.82, 2.24) is 9.80 Å². The quantitative estimate of drug-likeness (QED) is 0.692. The van der Waals surface area contributed by atoms with Gasteiger partial charge in [-0.15, -0.1) is 0 Å². The summed E-state index contributed by atoms with van der Waals surface area (Å²) >= 11 is 0. The molecule has 0 bridgehead atoms. The number of carboxylic acids is 1. The summed E-state index contributed by atoms with van der Waals surface area (Å²) in [6, 6.07) is 0. The highest BCUT2D eigenvalue weighted by molar-refractivity contribution is 5.74. The van der Waals surface area contributed by atoms with Gasteiger partial charge >= 0.3 is 5.97 Å². The number of carboxylic acid groups (broad SMARTS) is 1. The Morgan fingerprint density at radius 3 is 2.53 bits per heavy atom. The lowest BCUT2D eigenvalue weighted by molar-refractivity contribution is -0.137. The number of aliphatic carboxylic acids is 1. The predicted molar refractivity (Wildman–Crippen MR) is 55.5 cm³/mol. The number of carbonyl (C=O) groups excluding carboxylic acids is 1. The number of carbonyl (C=O) groups is 2. The second-order valence-corrected chi connectivity index (χ2v) is 4.20. The summed E-state index contributed by atoms with van der Waals surface area (Å²) in [7, 11) is 1.92. The normalized spacial score (nSPS) is 16.6. The van der Waals surface area contributed by atoms with Crippen LogP contribution in [0.2, 0.25) is 0 Å². The molecule has 1 heterocycles. The number of hydrogen-bond donors (Lipinski definition) is 1. The van der Waals surface area contributed by atoms with E-state index in [4.69, 9.17) is 5.11 Å². The van der Waals surface area contributed by atoms with Crippen LogP contribution in [0.1, 0.15) is 13.3 Å². The van der Waals surface area contributed by atoms with Crippen molar-refractivity contribution >= 4 is 11.9 Å². The Balaban J connectivity index is 2.10. The molecule has 15 heavy (non-hydrogen) atoms. The zero-order valence-corrected chi connectivity index (χ0v) is 9.27. The molecule has 0 radical (unpaired) electrons. The largest absolute Gasteiger partial charge is 0.481 e. The van der Waals surface area contributed by atoms with Crippen LogP contribution in [0.5, 0.6) is 0 Å². The molecule has 0 saturated carbocycles. The molecule has 86 valence electrons. The summed E-state index contributed by atoms with van der Waals surface area (Å²) in [5.74, 6) is -0.132. The first-order valence-corrected chi connectivity index (χ1v) is 5.15. The molecule has 1 aliphatic heterocycles. The molecule has 0 aliphatic carbocycles. The van der Waals surface area contributed by atoms with Gasteiger partial charge < -0.3 is 14.9 Å². The number of nitrogens with zero attached hydrogens (tertiary/aromatic N) is 2. The van der Waals surface area contributed by atoms with Crippen molar-refractivity contribution in [2.75, 3.05) is 33.2 Å². The topological polar surface area (TPSA) is 60.9 Å². The van der Waals surface area contributed by atoms with Crippen molar-refractivity contribution in [3.05, 3.63) is 0 Å². The lowest BCUT2D eigenvalue weighted by atomic mass is 9.99. The van der Waals surface area contributed by atoms with Crippen molar-refractivity contribution in [3.63, 3.8) is 0 Å². The molecule has 0 aromatic carbocycles. The minimum absolute atomic E-state index is 0.124. The molecule has 0 unspecified atom stereocenters.